The Balaban J connectivity index is 1.50. The van der Waals surface area contributed by atoms with Crippen LogP contribution in [0.1, 0.15) is 22.9 Å². The number of carbonyl (C=O) groups is 1. The minimum Gasteiger partial charge on any atom is -0.463 e. The lowest BCUT2D eigenvalue weighted by Gasteiger charge is -2.14. The fraction of sp³-hybridized carbons (Fsp3) is 0.190. The maximum Gasteiger partial charge on any atom is 0.275 e. The third-order valence-electron chi connectivity index (χ3n) is 4.20. The molecule has 0 fully saturated rings. The molecule has 3 aromatic rings. The van der Waals surface area contributed by atoms with Gasteiger partial charge in [-0.05, 0) is 36.2 Å². The number of hydrogen-bond donors (Lipinski definition) is 2. The van der Waals surface area contributed by atoms with Crippen LogP contribution < -0.4 is 10.6 Å². The van der Waals surface area contributed by atoms with Crippen molar-refractivity contribution in [3.8, 4) is 0 Å². The first-order chi connectivity index (χ1) is 12.7. The molecule has 134 valence electrons. The summed E-state index contributed by atoms with van der Waals surface area (Å²) in [6.07, 6.45) is 2.31. The van der Waals surface area contributed by atoms with Gasteiger partial charge < -0.3 is 15.1 Å². The van der Waals surface area contributed by atoms with Gasteiger partial charge in [0.1, 0.15) is 5.82 Å². The van der Waals surface area contributed by atoms with Crippen molar-refractivity contribution in [1.29, 1.82) is 0 Å². The Labute approximate surface area is 152 Å². The van der Waals surface area contributed by atoms with Crippen molar-refractivity contribution in [2.24, 2.45) is 0 Å². The average molecular weight is 353 g/mol. The first-order valence-electron chi connectivity index (χ1n) is 8.65. The maximum atomic E-state index is 12.9. The van der Waals surface area contributed by atoms with Gasteiger partial charge in [0.05, 0.1) is 6.26 Å². The van der Waals surface area contributed by atoms with Crippen molar-refractivity contribution in [1.82, 2.24) is 5.32 Å². The quantitative estimate of drug-likeness (QED) is 0.653. The second kappa shape index (κ2) is 8.97. The topological polar surface area (TPSA) is 58.9 Å². The molecular weight excluding hydrogens is 331 g/mol. The van der Waals surface area contributed by atoms with Crippen LogP contribution in [0, 0.1) is 5.82 Å². The Bertz CT molecular complexity index is 802. The van der Waals surface area contributed by atoms with Crippen LogP contribution in [-0.4, -0.2) is 19.0 Å². The van der Waals surface area contributed by atoms with Crippen molar-refractivity contribution < 1.29 is 18.9 Å². The molecule has 5 heteroatoms. The Morgan fingerprint density at radius 2 is 1.81 bits per heavy atom. The van der Waals surface area contributed by atoms with Gasteiger partial charge in [-0.3, -0.25) is 4.79 Å². The highest BCUT2D eigenvalue weighted by Crippen LogP contribution is 2.18. The number of hydrogen-bond acceptors (Lipinski definition) is 2. The highest BCUT2D eigenvalue weighted by molar-refractivity contribution is 5.76. The molecule has 0 saturated heterocycles. The fourth-order valence-corrected chi connectivity index (χ4v) is 2.84. The summed E-state index contributed by atoms with van der Waals surface area (Å²) in [5, 5.41) is 4.86. The third-order valence-corrected chi connectivity index (χ3v) is 4.20. The van der Waals surface area contributed by atoms with Gasteiger partial charge in [-0.1, -0.05) is 42.5 Å². The summed E-state index contributed by atoms with van der Waals surface area (Å²) < 4.78 is 18.4. The summed E-state index contributed by atoms with van der Waals surface area (Å²) in [5.74, 6) is 0.521. The molecule has 0 aliphatic carbocycles. The molecule has 1 aromatic heterocycles. The first kappa shape index (κ1) is 17.9. The van der Waals surface area contributed by atoms with E-state index in [9.17, 15) is 9.18 Å². The molecule has 2 aromatic carbocycles. The number of furan rings is 1. The zero-order chi connectivity index (χ0) is 18.2. The molecule has 3 N–H and O–H groups in total. The summed E-state index contributed by atoms with van der Waals surface area (Å²) in [4.78, 5) is 12.2. The molecule has 0 aliphatic rings. The SMILES string of the molecule is O=C(C[NH2+][C@@H](c1ccccc1)c1ccco1)NCCc1ccc(F)cc1. The number of halogens is 1. The molecule has 3 rings (SSSR count). The molecule has 1 atom stereocenters. The van der Waals surface area contributed by atoms with Crippen LogP contribution in [0.3, 0.4) is 0 Å². The molecule has 0 bridgehead atoms. The summed E-state index contributed by atoms with van der Waals surface area (Å²) in [7, 11) is 0. The zero-order valence-electron chi connectivity index (χ0n) is 14.4. The Kier molecular flexibility index (Phi) is 6.17. The third kappa shape index (κ3) is 5.04. The van der Waals surface area contributed by atoms with Crippen LogP contribution in [0.15, 0.2) is 77.4 Å². The standard InChI is InChI=1S/C21H21FN2O2/c22-18-10-8-16(9-11-18)12-13-23-20(25)15-24-21(19-7-4-14-26-19)17-5-2-1-3-6-17/h1-11,14,21,24H,12-13,15H2,(H,23,25)/p+1/t21-/m0/s1. The minimum absolute atomic E-state index is 0.0420. The normalized spacial score (nSPS) is 11.9. The summed E-state index contributed by atoms with van der Waals surface area (Å²) in [5.41, 5.74) is 2.08. The predicted molar refractivity (Wildman–Crippen MR) is 96.9 cm³/mol. The van der Waals surface area contributed by atoms with Gasteiger partial charge >= 0.3 is 0 Å². The highest BCUT2D eigenvalue weighted by atomic mass is 19.1. The Hall–Kier alpha value is -2.92. The van der Waals surface area contributed by atoms with E-state index >= 15 is 0 Å². The monoisotopic (exact) mass is 353 g/mol. The van der Waals surface area contributed by atoms with Crippen LogP contribution >= 0.6 is 0 Å². The number of rotatable bonds is 8. The van der Waals surface area contributed by atoms with Gasteiger partial charge in [-0.15, -0.1) is 0 Å². The van der Waals surface area contributed by atoms with Crippen molar-refractivity contribution in [3.05, 3.63) is 95.7 Å². The number of quaternary nitrogens is 1. The van der Waals surface area contributed by atoms with Gasteiger partial charge in [0, 0.05) is 12.1 Å². The molecule has 1 amide bonds. The summed E-state index contributed by atoms with van der Waals surface area (Å²) in [6.45, 7) is 0.818. The average Bonchev–Trinajstić information content (AvgIpc) is 3.19. The van der Waals surface area contributed by atoms with Crippen LogP contribution in [0.25, 0.3) is 0 Å². The van der Waals surface area contributed by atoms with E-state index < -0.39 is 0 Å². The second-order valence-corrected chi connectivity index (χ2v) is 6.07. The summed E-state index contributed by atoms with van der Waals surface area (Å²) >= 11 is 0. The molecule has 1 heterocycles. The van der Waals surface area contributed by atoms with Crippen LogP contribution in [0.5, 0.6) is 0 Å². The largest absolute Gasteiger partial charge is 0.463 e. The molecule has 0 aliphatic heterocycles. The molecule has 4 nitrogen and oxygen atoms in total. The predicted octanol–water partition coefficient (Wildman–Crippen LogP) is 2.43. The van der Waals surface area contributed by atoms with Gasteiger partial charge in [-0.25, -0.2) is 4.39 Å². The van der Waals surface area contributed by atoms with Gasteiger partial charge in [-0.2, -0.15) is 0 Å². The molecule has 0 saturated carbocycles. The van der Waals surface area contributed by atoms with Gasteiger partial charge in [0.15, 0.2) is 18.3 Å². The van der Waals surface area contributed by atoms with E-state index in [1.165, 1.54) is 12.1 Å². The van der Waals surface area contributed by atoms with E-state index in [2.05, 4.69) is 5.32 Å². The summed E-state index contributed by atoms with van der Waals surface area (Å²) in [6, 6.07) is 20.0. The number of nitrogens with one attached hydrogen (secondary N) is 1. The molecular formula is C21H22FN2O2+. The maximum absolute atomic E-state index is 12.9. The van der Waals surface area contributed by atoms with Crippen LogP contribution in [-0.2, 0) is 11.2 Å². The lowest BCUT2D eigenvalue weighted by Crippen LogP contribution is -2.87. The number of benzene rings is 2. The van der Waals surface area contributed by atoms with Crippen molar-refractivity contribution in [2.45, 2.75) is 12.5 Å². The van der Waals surface area contributed by atoms with Crippen molar-refractivity contribution in [2.75, 3.05) is 13.1 Å². The molecule has 26 heavy (non-hydrogen) atoms. The molecule has 0 spiro atoms. The van der Waals surface area contributed by atoms with E-state index in [1.54, 1.807) is 18.4 Å². The van der Waals surface area contributed by atoms with E-state index in [0.29, 0.717) is 19.5 Å². The van der Waals surface area contributed by atoms with E-state index in [4.69, 9.17) is 4.42 Å². The van der Waals surface area contributed by atoms with E-state index in [0.717, 1.165) is 16.9 Å². The van der Waals surface area contributed by atoms with E-state index in [1.807, 2.05) is 47.8 Å². The number of amides is 1. The van der Waals surface area contributed by atoms with Crippen molar-refractivity contribution >= 4 is 5.91 Å². The molecule has 0 unspecified atom stereocenters. The van der Waals surface area contributed by atoms with Gasteiger partial charge in [0.25, 0.3) is 5.91 Å². The number of nitrogens with two attached hydrogens (primary N) is 1. The number of carbonyl (C=O) groups excluding carboxylic acids is 1. The van der Waals surface area contributed by atoms with Crippen molar-refractivity contribution in [3.63, 3.8) is 0 Å². The Morgan fingerprint density at radius 3 is 2.50 bits per heavy atom. The van der Waals surface area contributed by atoms with Crippen LogP contribution in [0.2, 0.25) is 0 Å². The second-order valence-electron chi connectivity index (χ2n) is 6.07. The lowest BCUT2D eigenvalue weighted by atomic mass is 10.0. The lowest BCUT2D eigenvalue weighted by molar-refractivity contribution is -0.678. The fourth-order valence-electron chi connectivity index (χ4n) is 2.84. The first-order valence-corrected chi connectivity index (χ1v) is 8.65. The Morgan fingerprint density at radius 1 is 1.04 bits per heavy atom. The smallest absolute Gasteiger partial charge is 0.275 e. The van der Waals surface area contributed by atoms with E-state index in [-0.39, 0.29) is 17.8 Å². The molecule has 0 radical (unpaired) electrons. The minimum atomic E-state index is -0.253. The van der Waals surface area contributed by atoms with Gasteiger partial charge in [0.2, 0.25) is 0 Å². The van der Waals surface area contributed by atoms with Crippen LogP contribution in [0.4, 0.5) is 4.39 Å². The zero-order valence-corrected chi connectivity index (χ0v) is 14.4. The highest BCUT2D eigenvalue weighted by Gasteiger charge is 2.21.